The van der Waals surface area contributed by atoms with Gasteiger partial charge in [0.05, 0.1) is 17.3 Å². The molecular weight excluding hydrogens is 366 g/mol. The Hall–Kier alpha value is -1.79. The molecule has 3 rings (SSSR count). The molecule has 1 aromatic carbocycles. The number of likely N-dealkylation sites (tertiary alicyclic amines) is 1. The highest BCUT2D eigenvalue weighted by atomic mass is 35.5. The maximum absolute atomic E-state index is 12.7. The number of carbonyl (C=O) groups excluding carboxylic acids is 2. The standard InChI is InChI=1S/C20H28ClN3O3/c1-14(2)23(3)18(25)15-5-6-16(21)17(11-15)22-19(26)24-9-8-20(12-24)7-4-10-27-13-20/h5-6,11,14H,4,7-10,12-13H2,1-3H3,(H,22,26). The summed E-state index contributed by atoms with van der Waals surface area (Å²) in [4.78, 5) is 28.8. The van der Waals surface area contributed by atoms with Gasteiger partial charge in [0.15, 0.2) is 0 Å². The predicted octanol–water partition coefficient (Wildman–Crippen LogP) is 3.85. The second kappa shape index (κ2) is 8.07. The molecule has 2 saturated heterocycles. The zero-order valence-corrected chi connectivity index (χ0v) is 17.0. The first-order chi connectivity index (χ1) is 12.8. The number of anilines is 1. The number of hydrogen-bond donors (Lipinski definition) is 1. The summed E-state index contributed by atoms with van der Waals surface area (Å²) in [5.41, 5.74) is 1.06. The van der Waals surface area contributed by atoms with E-state index in [1.165, 1.54) is 0 Å². The monoisotopic (exact) mass is 393 g/mol. The molecule has 2 fully saturated rings. The van der Waals surface area contributed by atoms with Crippen molar-refractivity contribution in [1.82, 2.24) is 9.80 Å². The number of halogens is 1. The van der Waals surface area contributed by atoms with E-state index >= 15 is 0 Å². The van der Waals surface area contributed by atoms with Gasteiger partial charge >= 0.3 is 6.03 Å². The van der Waals surface area contributed by atoms with E-state index in [4.69, 9.17) is 16.3 Å². The van der Waals surface area contributed by atoms with E-state index in [1.807, 2.05) is 18.7 Å². The third kappa shape index (κ3) is 4.38. The third-order valence-corrected chi connectivity index (χ3v) is 6.01. The molecule has 1 aromatic rings. The maximum Gasteiger partial charge on any atom is 0.321 e. The lowest BCUT2D eigenvalue weighted by atomic mass is 9.82. The quantitative estimate of drug-likeness (QED) is 0.848. The Morgan fingerprint density at radius 2 is 2.11 bits per heavy atom. The zero-order valence-electron chi connectivity index (χ0n) is 16.3. The van der Waals surface area contributed by atoms with E-state index in [-0.39, 0.29) is 23.4 Å². The number of nitrogens with zero attached hydrogens (tertiary/aromatic N) is 2. The highest BCUT2D eigenvalue weighted by Gasteiger charge is 2.41. The zero-order chi connectivity index (χ0) is 19.6. The van der Waals surface area contributed by atoms with E-state index < -0.39 is 0 Å². The van der Waals surface area contributed by atoms with E-state index in [0.717, 1.165) is 32.5 Å². The molecule has 1 unspecified atom stereocenters. The van der Waals surface area contributed by atoms with Crippen molar-refractivity contribution >= 4 is 29.2 Å². The minimum Gasteiger partial charge on any atom is -0.381 e. The van der Waals surface area contributed by atoms with Crippen LogP contribution < -0.4 is 5.32 Å². The van der Waals surface area contributed by atoms with Crippen molar-refractivity contribution in [1.29, 1.82) is 0 Å². The van der Waals surface area contributed by atoms with Crippen molar-refractivity contribution in [3.63, 3.8) is 0 Å². The Morgan fingerprint density at radius 3 is 2.78 bits per heavy atom. The van der Waals surface area contributed by atoms with E-state index in [2.05, 4.69) is 5.32 Å². The van der Waals surface area contributed by atoms with Crippen LogP contribution in [0.4, 0.5) is 10.5 Å². The number of rotatable bonds is 3. The second-order valence-corrected chi connectivity index (χ2v) is 8.37. The van der Waals surface area contributed by atoms with Gasteiger partial charge in [-0.3, -0.25) is 4.79 Å². The summed E-state index contributed by atoms with van der Waals surface area (Å²) in [6, 6.07) is 4.89. The van der Waals surface area contributed by atoms with Crippen molar-refractivity contribution < 1.29 is 14.3 Å². The fraction of sp³-hybridized carbons (Fsp3) is 0.600. The van der Waals surface area contributed by atoms with E-state index in [9.17, 15) is 9.59 Å². The summed E-state index contributed by atoms with van der Waals surface area (Å²) in [6.07, 6.45) is 3.11. The fourth-order valence-electron chi connectivity index (χ4n) is 3.73. The van der Waals surface area contributed by atoms with Crippen molar-refractivity contribution in [3.8, 4) is 0 Å². The number of benzene rings is 1. The highest BCUT2D eigenvalue weighted by Crippen LogP contribution is 2.38. The molecule has 2 aliphatic rings. The van der Waals surface area contributed by atoms with Gasteiger partial charge in [-0.2, -0.15) is 0 Å². The van der Waals surface area contributed by atoms with Gasteiger partial charge in [-0.05, 0) is 51.3 Å². The van der Waals surface area contributed by atoms with Crippen molar-refractivity contribution in [2.24, 2.45) is 5.41 Å². The Labute approximate surface area is 165 Å². The molecule has 1 spiro atoms. The largest absolute Gasteiger partial charge is 0.381 e. The van der Waals surface area contributed by atoms with Gasteiger partial charge < -0.3 is 19.9 Å². The molecule has 6 nitrogen and oxygen atoms in total. The van der Waals surface area contributed by atoms with Gasteiger partial charge in [0, 0.05) is 43.8 Å². The van der Waals surface area contributed by atoms with Crippen LogP contribution >= 0.6 is 11.6 Å². The number of carbonyl (C=O) groups is 2. The van der Waals surface area contributed by atoms with Crippen molar-refractivity contribution in [3.05, 3.63) is 28.8 Å². The lowest BCUT2D eigenvalue weighted by Gasteiger charge is -2.33. The van der Waals surface area contributed by atoms with Crippen LogP contribution in [0.15, 0.2) is 18.2 Å². The second-order valence-electron chi connectivity index (χ2n) is 7.96. The first-order valence-corrected chi connectivity index (χ1v) is 9.89. The lowest BCUT2D eigenvalue weighted by Crippen LogP contribution is -2.38. The number of hydrogen-bond acceptors (Lipinski definition) is 3. The molecule has 0 saturated carbocycles. The molecule has 0 radical (unpaired) electrons. The molecular formula is C20H28ClN3O3. The predicted molar refractivity (Wildman–Crippen MR) is 106 cm³/mol. The van der Waals surface area contributed by atoms with Crippen LogP contribution in [0.2, 0.25) is 5.02 Å². The molecule has 2 heterocycles. The Kier molecular flexibility index (Phi) is 5.96. The lowest BCUT2D eigenvalue weighted by molar-refractivity contribution is -0.000213. The summed E-state index contributed by atoms with van der Waals surface area (Å²) in [5.74, 6) is -0.100. The molecule has 7 heteroatoms. The SMILES string of the molecule is CC(C)N(C)C(=O)c1ccc(Cl)c(NC(=O)N2CCC3(CCCOC3)C2)c1. The molecule has 0 aromatic heterocycles. The minimum atomic E-state index is -0.179. The van der Waals surface area contributed by atoms with Crippen LogP contribution in [0.25, 0.3) is 0 Å². The summed E-state index contributed by atoms with van der Waals surface area (Å²) in [5, 5.41) is 3.30. The summed E-state index contributed by atoms with van der Waals surface area (Å²) >= 11 is 6.26. The van der Waals surface area contributed by atoms with Gasteiger partial charge in [0.1, 0.15) is 0 Å². The molecule has 27 heavy (non-hydrogen) atoms. The van der Waals surface area contributed by atoms with Crippen LogP contribution in [-0.4, -0.2) is 61.1 Å². The third-order valence-electron chi connectivity index (χ3n) is 5.68. The normalized spacial score (nSPS) is 22.3. The number of ether oxygens (including phenoxy) is 1. The maximum atomic E-state index is 12.7. The highest BCUT2D eigenvalue weighted by molar-refractivity contribution is 6.33. The smallest absolute Gasteiger partial charge is 0.321 e. The van der Waals surface area contributed by atoms with Gasteiger partial charge in [-0.15, -0.1) is 0 Å². The van der Waals surface area contributed by atoms with Crippen LogP contribution in [0.3, 0.4) is 0 Å². The average Bonchev–Trinajstić information content (AvgIpc) is 3.06. The van der Waals surface area contributed by atoms with E-state index in [1.54, 1.807) is 30.1 Å². The van der Waals surface area contributed by atoms with Gasteiger partial charge in [0.2, 0.25) is 0 Å². The molecule has 148 valence electrons. The van der Waals surface area contributed by atoms with Crippen LogP contribution in [0, 0.1) is 5.41 Å². The van der Waals surface area contributed by atoms with Crippen LogP contribution in [0.5, 0.6) is 0 Å². The van der Waals surface area contributed by atoms with Gasteiger partial charge in [0.25, 0.3) is 5.91 Å². The molecule has 2 aliphatic heterocycles. The molecule has 1 N–H and O–H groups in total. The molecule has 0 bridgehead atoms. The summed E-state index contributed by atoms with van der Waals surface area (Å²) < 4.78 is 5.63. The Morgan fingerprint density at radius 1 is 1.33 bits per heavy atom. The fourth-order valence-corrected chi connectivity index (χ4v) is 3.89. The first kappa shape index (κ1) is 20.0. The summed E-state index contributed by atoms with van der Waals surface area (Å²) in [7, 11) is 1.76. The first-order valence-electron chi connectivity index (χ1n) is 9.52. The van der Waals surface area contributed by atoms with Crippen LogP contribution in [-0.2, 0) is 4.74 Å². The topological polar surface area (TPSA) is 61.9 Å². The Balaban J connectivity index is 1.69. The number of urea groups is 1. The average molecular weight is 394 g/mol. The summed E-state index contributed by atoms with van der Waals surface area (Å²) in [6.45, 7) is 6.86. The minimum absolute atomic E-state index is 0.0877. The van der Waals surface area contributed by atoms with E-state index in [0.29, 0.717) is 29.4 Å². The molecule has 3 amide bonds. The molecule has 1 atom stereocenters. The van der Waals surface area contributed by atoms with Crippen molar-refractivity contribution in [2.45, 2.75) is 39.2 Å². The number of nitrogens with one attached hydrogen (secondary N) is 1. The molecule has 0 aliphatic carbocycles. The van der Waals surface area contributed by atoms with Gasteiger partial charge in [-0.1, -0.05) is 11.6 Å². The van der Waals surface area contributed by atoms with Gasteiger partial charge in [-0.25, -0.2) is 4.79 Å². The van der Waals surface area contributed by atoms with Crippen molar-refractivity contribution in [2.75, 3.05) is 38.7 Å². The van der Waals surface area contributed by atoms with Crippen LogP contribution in [0.1, 0.15) is 43.5 Å². The number of amides is 3. The Bertz CT molecular complexity index is 716.